The van der Waals surface area contributed by atoms with Crippen LogP contribution >= 0.6 is 0 Å². The Kier molecular flexibility index (Phi) is 5.00. The molecule has 35 heavy (non-hydrogen) atoms. The second-order valence-corrected chi connectivity index (χ2v) is 7.66. The predicted molar refractivity (Wildman–Crippen MR) is 117 cm³/mol. The van der Waals surface area contributed by atoms with Gasteiger partial charge in [0.25, 0.3) is 0 Å². The van der Waals surface area contributed by atoms with E-state index in [1.807, 2.05) is 0 Å². The molecule has 4 heterocycles. The van der Waals surface area contributed by atoms with Crippen molar-refractivity contribution in [2.45, 2.75) is 6.36 Å². The van der Waals surface area contributed by atoms with Crippen LogP contribution in [-0.4, -0.2) is 42.4 Å². The van der Waals surface area contributed by atoms with Gasteiger partial charge in [-0.25, -0.2) is 9.18 Å². The molecule has 0 spiro atoms. The maximum Gasteiger partial charge on any atom is 0.573 e. The van der Waals surface area contributed by atoms with E-state index in [2.05, 4.69) is 19.8 Å². The highest BCUT2D eigenvalue weighted by Gasteiger charge is 2.34. The van der Waals surface area contributed by atoms with Crippen molar-refractivity contribution in [3.8, 4) is 28.3 Å². The third-order valence-electron chi connectivity index (χ3n) is 5.51. The highest BCUT2D eigenvalue weighted by molar-refractivity contribution is 6.05. The molecule has 180 valence electrons. The van der Waals surface area contributed by atoms with Gasteiger partial charge in [0.1, 0.15) is 11.4 Å². The molecule has 9 nitrogen and oxygen atoms in total. The number of fused-ring (bicyclic) bond motifs is 3. The minimum Gasteiger partial charge on any atom is -0.496 e. The molecule has 0 saturated heterocycles. The van der Waals surface area contributed by atoms with Gasteiger partial charge in [-0.1, -0.05) is 0 Å². The van der Waals surface area contributed by atoms with E-state index in [0.717, 1.165) is 9.13 Å². The van der Waals surface area contributed by atoms with E-state index >= 15 is 0 Å². The van der Waals surface area contributed by atoms with Crippen LogP contribution < -0.4 is 15.2 Å². The molecule has 0 aliphatic carbocycles. The maximum absolute atomic E-state index is 15.0. The second-order valence-electron chi connectivity index (χ2n) is 7.66. The number of alkyl halides is 3. The lowest BCUT2D eigenvalue weighted by molar-refractivity contribution is -0.274. The minimum atomic E-state index is -5.14. The molecule has 0 atom stereocenters. The second kappa shape index (κ2) is 7.82. The number of ether oxygens (including phenoxy) is 2. The van der Waals surface area contributed by atoms with Gasteiger partial charge in [-0.05, 0) is 6.07 Å². The molecule has 0 saturated carbocycles. The monoisotopic (exact) mass is 488 g/mol. The Bertz CT molecular complexity index is 1670. The van der Waals surface area contributed by atoms with E-state index in [1.54, 1.807) is 36.3 Å². The first-order valence-electron chi connectivity index (χ1n) is 10.1. The summed E-state index contributed by atoms with van der Waals surface area (Å²) in [4.78, 5) is 21.1. The van der Waals surface area contributed by atoms with E-state index in [0.29, 0.717) is 40.2 Å². The average molecular weight is 488 g/mol. The van der Waals surface area contributed by atoms with E-state index in [4.69, 9.17) is 4.74 Å². The molecule has 0 aliphatic rings. The largest absolute Gasteiger partial charge is 0.573 e. The number of imidazole rings is 1. The SMILES string of the molecule is COc1cc2ncc3c(c2cc1-c1cnn(C)c1)n(-c1c(F)cncc1OC(F)(F)F)c(=O)n3C. The molecule has 13 heteroatoms. The third-order valence-corrected chi connectivity index (χ3v) is 5.51. The minimum absolute atomic E-state index is 0.132. The lowest BCUT2D eigenvalue weighted by Crippen LogP contribution is -2.24. The number of hydrogen-bond donors (Lipinski definition) is 0. The highest BCUT2D eigenvalue weighted by atomic mass is 19.4. The number of rotatable bonds is 4. The van der Waals surface area contributed by atoms with Crippen LogP contribution in [0.2, 0.25) is 0 Å². The van der Waals surface area contributed by atoms with E-state index in [-0.39, 0.29) is 11.0 Å². The summed E-state index contributed by atoms with van der Waals surface area (Å²) in [7, 11) is 4.62. The number of halogens is 4. The molecular weight excluding hydrogens is 472 g/mol. The fourth-order valence-corrected chi connectivity index (χ4v) is 4.01. The number of hydrogen-bond acceptors (Lipinski definition) is 6. The van der Waals surface area contributed by atoms with Gasteiger partial charge < -0.3 is 9.47 Å². The van der Waals surface area contributed by atoms with Gasteiger partial charge in [0.2, 0.25) is 0 Å². The Morgan fingerprint density at radius 2 is 1.80 bits per heavy atom. The lowest BCUT2D eigenvalue weighted by Gasteiger charge is -2.15. The van der Waals surface area contributed by atoms with E-state index < -0.39 is 29.3 Å². The molecule has 0 radical (unpaired) electrons. The van der Waals surface area contributed by atoms with Crippen molar-refractivity contribution in [2.75, 3.05) is 7.11 Å². The van der Waals surface area contributed by atoms with Crippen molar-refractivity contribution in [3.05, 3.63) is 59.4 Å². The average Bonchev–Trinajstić information content (AvgIpc) is 3.34. The predicted octanol–water partition coefficient (Wildman–Crippen LogP) is 3.72. The third kappa shape index (κ3) is 3.64. The Labute approximate surface area is 193 Å². The van der Waals surface area contributed by atoms with Crippen molar-refractivity contribution < 1.29 is 27.0 Å². The van der Waals surface area contributed by atoms with Crippen LogP contribution in [0, 0.1) is 5.82 Å². The number of nitrogens with zero attached hydrogens (tertiary/aromatic N) is 6. The summed E-state index contributed by atoms with van der Waals surface area (Å²) in [5.41, 5.74) is 0.515. The van der Waals surface area contributed by atoms with Crippen LogP contribution in [-0.2, 0) is 14.1 Å². The van der Waals surface area contributed by atoms with Crippen LogP contribution in [0.3, 0.4) is 0 Å². The number of benzene rings is 1. The molecule has 0 amide bonds. The zero-order valence-electron chi connectivity index (χ0n) is 18.5. The summed E-state index contributed by atoms with van der Waals surface area (Å²) in [6.45, 7) is 0. The first-order chi connectivity index (χ1) is 16.6. The molecule has 4 aromatic heterocycles. The molecule has 1 aromatic carbocycles. The topological polar surface area (TPSA) is 89.0 Å². The number of methoxy groups -OCH3 is 1. The summed E-state index contributed by atoms with van der Waals surface area (Å²) in [6, 6.07) is 3.29. The van der Waals surface area contributed by atoms with Crippen molar-refractivity contribution in [1.82, 2.24) is 28.9 Å². The van der Waals surface area contributed by atoms with E-state index in [9.17, 15) is 22.4 Å². The van der Waals surface area contributed by atoms with Crippen molar-refractivity contribution in [3.63, 3.8) is 0 Å². The van der Waals surface area contributed by atoms with Crippen LogP contribution in [0.4, 0.5) is 17.6 Å². The van der Waals surface area contributed by atoms with Crippen LogP contribution in [0.15, 0.2) is 47.9 Å². The van der Waals surface area contributed by atoms with Gasteiger partial charge >= 0.3 is 12.1 Å². The summed E-state index contributed by atoms with van der Waals surface area (Å²) in [6.07, 6.45) is 0.993. The van der Waals surface area contributed by atoms with Gasteiger partial charge in [-0.15, -0.1) is 13.2 Å². The summed E-state index contributed by atoms with van der Waals surface area (Å²) < 4.78 is 67.3. The lowest BCUT2D eigenvalue weighted by atomic mass is 10.0. The molecule has 0 fully saturated rings. The zero-order valence-corrected chi connectivity index (χ0v) is 18.5. The van der Waals surface area contributed by atoms with Crippen LogP contribution in [0.5, 0.6) is 11.5 Å². The van der Waals surface area contributed by atoms with Crippen LogP contribution in [0.1, 0.15) is 0 Å². The Morgan fingerprint density at radius 3 is 2.46 bits per heavy atom. The van der Waals surface area contributed by atoms with Gasteiger partial charge in [-0.2, -0.15) is 5.10 Å². The van der Waals surface area contributed by atoms with Crippen molar-refractivity contribution >= 4 is 21.9 Å². The molecule has 0 aliphatic heterocycles. The molecule has 0 unspecified atom stereocenters. The van der Waals surface area contributed by atoms with Crippen molar-refractivity contribution in [2.24, 2.45) is 14.1 Å². The Hall–Kier alpha value is -4.42. The first kappa shape index (κ1) is 22.4. The van der Waals surface area contributed by atoms with Crippen LogP contribution in [0.25, 0.3) is 38.8 Å². The normalized spacial score (nSPS) is 12.0. The first-order valence-corrected chi connectivity index (χ1v) is 10.1. The number of aryl methyl sites for hydroxylation is 2. The highest BCUT2D eigenvalue weighted by Crippen LogP contribution is 2.38. The molecule has 0 bridgehead atoms. The van der Waals surface area contributed by atoms with Gasteiger partial charge in [0.05, 0.1) is 48.4 Å². The number of aromatic nitrogens is 6. The summed E-state index contributed by atoms with van der Waals surface area (Å²) in [5.74, 6) is -1.68. The molecule has 5 aromatic rings. The Morgan fingerprint density at radius 1 is 1.03 bits per heavy atom. The quantitative estimate of drug-likeness (QED) is 0.359. The summed E-state index contributed by atoms with van der Waals surface area (Å²) >= 11 is 0. The zero-order chi connectivity index (χ0) is 25.1. The Balaban J connectivity index is 1.92. The summed E-state index contributed by atoms with van der Waals surface area (Å²) in [5, 5.41) is 4.53. The number of pyridine rings is 2. The fourth-order valence-electron chi connectivity index (χ4n) is 4.01. The molecule has 5 rings (SSSR count). The fraction of sp³-hybridized carbons (Fsp3) is 0.182. The smallest absolute Gasteiger partial charge is 0.496 e. The van der Waals surface area contributed by atoms with Gasteiger partial charge in [-0.3, -0.25) is 23.8 Å². The maximum atomic E-state index is 15.0. The van der Waals surface area contributed by atoms with Gasteiger partial charge in [0, 0.05) is 42.9 Å². The van der Waals surface area contributed by atoms with E-state index in [1.165, 1.54) is 20.4 Å². The standard InChI is InChI=1S/C22H16F4N6O3/c1-30-10-11(6-29-30)12-4-13-15(5-17(12)34-3)28-8-16-19(13)32(21(33)31(16)2)20-14(23)7-27-9-18(20)35-22(24,25)26/h4-10H,1-3H3. The van der Waals surface area contributed by atoms with Crippen molar-refractivity contribution in [1.29, 1.82) is 0 Å². The molecule has 0 N–H and O–H groups in total. The molecular formula is C22H16F4N6O3. The van der Waals surface area contributed by atoms with Gasteiger partial charge in [0.15, 0.2) is 11.6 Å².